The van der Waals surface area contributed by atoms with Gasteiger partial charge in [0.05, 0.1) is 0 Å². The molecule has 0 unspecified atom stereocenters. The average Bonchev–Trinajstić information content (AvgIpc) is 1.65. The van der Waals surface area contributed by atoms with E-state index in [2.05, 4.69) is 17.1 Å². The molecule has 0 amide bonds. The third-order valence-corrected chi connectivity index (χ3v) is 3.56. The van der Waals surface area contributed by atoms with Crippen LogP contribution in [0.2, 0.25) is 0 Å². The van der Waals surface area contributed by atoms with Crippen molar-refractivity contribution in [2.45, 2.75) is 0 Å². The molecular weight excluding hydrogens is 154 g/mol. The first-order valence-corrected chi connectivity index (χ1v) is 5.17. The second-order valence-corrected chi connectivity index (χ2v) is 5.65. The first kappa shape index (κ1) is 9.34. The predicted molar refractivity (Wildman–Crippen MR) is 51.7 cm³/mol. The first-order chi connectivity index (χ1) is 3.71. The molecule has 0 aromatic carbocycles. The van der Waals surface area contributed by atoms with E-state index < -0.39 is 9.21 Å². The Morgan fingerprint density at radius 3 is 1.78 bits per heavy atom. The third-order valence-electron chi connectivity index (χ3n) is 1.42. The van der Waals surface area contributed by atoms with Gasteiger partial charge in [0.1, 0.15) is 0 Å². The molecule has 1 nitrogen and oxygen atoms in total. The van der Waals surface area contributed by atoms with Crippen LogP contribution in [0, 0.1) is 0 Å². The summed E-state index contributed by atoms with van der Waals surface area (Å²) >= 11 is 0. The third kappa shape index (κ3) is 3.14. The lowest BCUT2D eigenvalue weighted by molar-refractivity contribution is 0.755. The molecule has 1 N–H and O–H groups in total. The SMILES string of the molecule is C=S1(=C)CCNCC1.Cl. The molecule has 0 atom stereocenters. The zero-order chi connectivity index (χ0) is 6.04. The van der Waals surface area contributed by atoms with E-state index >= 15 is 0 Å². The Morgan fingerprint density at radius 1 is 1.11 bits per heavy atom. The van der Waals surface area contributed by atoms with Crippen molar-refractivity contribution in [3.63, 3.8) is 0 Å². The van der Waals surface area contributed by atoms with Crippen LogP contribution in [0.25, 0.3) is 0 Å². The summed E-state index contributed by atoms with van der Waals surface area (Å²) in [4.78, 5) is 0. The van der Waals surface area contributed by atoms with Crippen molar-refractivity contribution < 1.29 is 0 Å². The molecule has 0 radical (unpaired) electrons. The van der Waals surface area contributed by atoms with Crippen LogP contribution in [0.5, 0.6) is 0 Å². The monoisotopic (exact) mass is 167 g/mol. The molecule has 1 heterocycles. The Hall–Kier alpha value is 0.340. The smallest absolute Gasteiger partial charge is 0.00334 e. The standard InChI is InChI=1S/C6H13NS.ClH/c1-8(2)5-3-7-4-6-8;/h7H,1-6H2;1H. The predicted octanol–water partition coefficient (Wildman–Crippen LogP) is 0.680. The zero-order valence-corrected chi connectivity index (χ0v) is 7.19. The van der Waals surface area contributed by atoms with Crippen molar-refractivity contribution in [3.05, 3.63) is 0 Å². The van der Waals surface area contributed by atoms with Gasteiger partial charge in [-0.05, 0) is 11.5 Å². The minimum Gasteiger partial charge on any atom is -0.315 e. The molecule has 0 aromatic heterocycles. The Labute approximate surface area is 63.7 Å². The van der Waals surface area contributed by atoms with E-state index in [0.717, 1.165) is 13.1 Å². The quantitative estimate of drug-likeness (QED) is 0.524. The lowest BCUT2D eigenvalue weighted by atomic mass is 10.6. The van der Waals surface area contributed by atoms with Crippen LogP contribution >= 0.6 is 21.6 Å². The molecular formula is C6H14ClNS. The molecule has 0 aromatic rings. The summed E-state index contributed by atoms with van der Waals surface area (Å²) in [5.74, 6) is 10.5. The first-order valence-electron chi connectivity index (χ1n) is 2.86. The van der Waals surface area contributed by atoms with Crippen LogP contribution < -0.4 is 5.32 Å². The van der Waals surface area contributed by atoms with Gasteiger partial charge in [-0.15, -0.1) is 12.4 Å². The molecule has 0 spiro atoms. The summed E-state index contributed by atoms with van der Waals surface area (Å²) in [5.41, 5.74) is 0. The second-order valence-electron chi connectivity index (χ2n) is 2.38. The molecule has 0 bridgehead atoms. The Kier molecular flexibility index (Phi) is 3.63. The molecule has 0 saturated carbocycles. The molecule has 1 aliphatic rings. The van der Waals surface area contributed by atoms with Gasteiger partial charge in [0.15, 0.2) is 0 Å². The Morgan fingerprint density at radius 2 is 1.56 bits per heavy atom. The summed E-state index contributed by atoms with van der Waals surface area (Å²) < 4.78 is 0. The van der Waals surface area contributed by atoms with Gasteiger partial charge in [-0.25, -0.2) is 9.21 Å². The number of hydrogen-bond acceptors (Lipinski definition) is 1. The van der Waals surface area contributed by atoms with Gasteiger partial charge in [-0.1, -0.05) is 11.7 Å². The van der Waals surface area contributed by atoms with Crippen LogP contribution in [0.3, 0.4) is 0 Å². The summed E-state index contributed by atoms with van der Waals surface area (Å²) in [5, 5.41) is 3.28. The maximum atomic E-state index is 4.06. The van der Waals surface area contributed by atoms with Crippen molar-refractivity contribution in [2.75, 3.05) is 24.6 Å². The van der Waals surface area contributed by atoms with E-state index in [1.165, 1.54) is 11.5 Å². The minimum atomic E-state index is -0.645. The normalized spacial score (nSPS) is 24.4. The molecule has 1 saturated heterocycles. The van der Waals surface area contributed by atoms with E-state index in [0.29, 0.717) is 0 Å². The van der Waals surface area contributed by atoms with Crippen LogP contribution in [-0.2, 0) is 0 Å². The van der Waals surface area contributed by atoms with Crippen molar-refractivity contribution >= 4 is 33.4 Å². The van der Waals surface area contributed by atoms with Gasteiger partial charge < -0.3 is 5.32 Å². The Balaban J connectivity index is 0.000000640. The van der Waals surface area contributed by atoms with Crippen LogP contribution in [0.1, 0.15) is 0 Å². The molecule has 1 fully saturated rings. The fourth-order valence-electron chi connectivity index (χ4n) is 0.804. The largest absolute Gasteiger partial charge is 0.315 e. The fraction of sp³-hybridized carbons (Fsp3) is 0.667. The highest BCUT2D eigenvalue weighted by molar-refractivity contribution is 8.27. The lowest BCUT2D eigenvalue weighted by Crippen LogP contribution is -2.28. The van der Waals surface area contributed by atoms with Gasteiger partial charge in [-0.3, -0.25) is 0 Å². The minimum absolute atomic E-state index is 0. The lowest BCUT2D eigenvalue weighted by Gasteiger charge is -2.20. The van der Waals surface area contributed by atoms with Crippen LogP contribution in [0.15, 0.2) is 0 Å². The fourth-order valence-corrected chi connectivity index (χ4v) is 2.16. The van der Waals surface area contributed by atoms with Gasteiger partial charge >= 0.3 is 0 Å². The van der Waals surface area contributed by atoms with Gasteiger partial charge in [0.25, 0.3) is 0 Å². The topological polar surface area (TPSA) is 12.0 Å². The van der Waals surface area contributed by atoms with Crippen LogP contribution in [-0.4, -0.2) is 36.3 Å². The number of nitrogens with one attached hydrogen (secondary N) is 1. The molecule has 1 aliphatic heterocycles. The van der Waals surface area contributed by atoms with Crippen molar-refractivity contribution in [1.82, 2.24) is 5.32 Å². The average molecular weight is 168 g/mol. The summed E-state index contributed by atoms with van der Waals surface area (Å²) in [6, 6.07) is 0. The second kappa shape index (κ2) is 3.49. The zero-order valence-electron chi connectivity index (χ0n) is 5.56. The van der Waals surface area contributed by atoms with Gasteiger partial charge in [-0.2, -0.15) is 0 Å². The van der Waals surface area contributed by atoms with E-state index in [1.807, 2.05) is 0 Å². The number of rotatable bonds is 0. The molecule has 1 rings (SSSR count). The highest BCUT2D eigenvalue weighted by Gasteiger charge is 2.02. The summed E-state index contributed by atoms with van der Waals surface area (Å²) in [6.07, 6.45) is 0. The maximum Gasteiger partial charge on any atom is 0.00334 e. The Bertz CT molecular complexity index is 148. The summed E-state index contributed by atoms with van der Waals surface area (Å²) in [6.45, 7) is 2.25. The van der Waals surface area contributed by atoms with E-state index in [9.17, 15) is 0 Å². The maximum absolute atomic E-state index is 4.06. The number of hydrogen-bond donors (Lipinski definition) is 1. The van der Waals surface area contributed by atoms with E-state index in [4.69, 9.17) is 0 Å². The van der Waals surface area contributed by atoms with E-state index in [-0.39, 0.29) is 12.4 Å². The molecule has 56 valence electrons. The summed E-state index contributed by atoms with van der Waals surface area (Å²) in [7, 11) is -0.645. The van der Waals surface area contributed by atoms with Crippen LogP contribution in [0.4, 0.5) is 0 Å². The molecule has 0 aliphatic carbocycles. The molecule has 3 heteroatoms. The van der Waals surface area contributed by atoms with E-state index in [1.54, 1.807) is 0 Å². The van der Waals surface area contributed by atoms with Crippen molar-refractivity contribution in [2.24, 2.45) is 0 Å². The highest BCUT2D eigenvalue weighted by Crippen LogP contribution is 2.18. The number of halogens is 1. The molecule has 9 heavy (non-hydrogen) atoms. The van der Waals surface area contributed by atoms with Crippen molar-refractivity contribution in [3.8, 4) is 0 Å². The van der Waals surface area contributed by atoms with Crippen molar-refractivity contribution in [1.29, 1.82) is 0 Å². The highest BCUT2D eigenvalue weighted by atomic mass is 35.5. The van der Waals surface area contributed by atoms with Gasteiger partial charge in [0.2, 0.25) is 0 Å². The van der Waals surface area contributed by atoms with Gasteiger partial charge in [0, 0.05) is 13.1 Å².